The molecule has 1 aromatic heterocycles. The van der Waals surface area contributed by atoms with Gasteiger partial charge in [0.15, 0.2) is 0 Å². The monoisotopic (exact) mass is 281 g/mol. The Morgan fingerprint density at radius 2 is 2.43 bits per heavy atom. The Kier molecular flexibility index (Phi) is 4.09. The fourth-order valence-electron chi connectivity index (χ4n) is 0.941. The van der Waals surface area contributed by atoms with E-state index in [1.54, 1.807) is 0 Å². The Bertz CT molecular complexity index is 362. The van der Waals surface area contributed by atoms with Gasteiger partial charge in [0.2, 0.25) is 10.0 Å². The first-order chi connectivity index (χ1) is 6.56. The van der Waals surface area contributed by atoms with Gasteiger partial charge in [0.1, 0.15) is 4.90 Å². The van der Waals surface area contributed by atoms with Gasteiger partial charge in [-0.3, -0.25) is 5.10 Å². The molecule has 1 atom stereocenters. The molecular weight excluding hydrogens is 270 g/mol. The van der Waals surface area contributed by atoms with Crippen LogP contribution in [-0.4, -0.2) is 30.0 Å². The largest absolute Gasteiger partial charge is 0.284 e. The van der Waals surface area contributed by atoms with Crippen LogP contribution in [0, 0.1) is 0 Å². The van der Waals surface area contributed by atoms with Gasteiger partial charge in [-0.2, -0.15) is 5.10 Å². The zero-order valence-corrected chi connectivity index (χ0v) is 10.1. The maximum atomic E-state index is 11.6. The highest BCUT2D eigenvalue weighted by Gasteiger charge is 2.17. The molecule has 0 amide bonds. The van der Waals surface area contributed by atoms with Gasteiger partial charge in [-0.15, -0.1) is 0 Å². The number of sulfonamides is 1. The standard InChI is InChI=1S/C7H12BrN3O2S/c1-6(2-3-8)11-14(12,13)7-4-9-10-5-7/h4-6,11H,2-3H2,1H3,(H,9,10). The summed E-state index contributed by atoms with van der Waals surface area (Å²) in [5, 5.41) is 6.82. The predicted octanol–water partition coefficient (Wildman–Crippen LogP) is 0.862. The number of H-pyrrole nitrogens is 1. The van der Waals surface area contributed by atoms with E-state index in [0.29, 0.717) is 0 Å². The Morgan fingerprint density at radius 1 is 1.71 bits per heavy atom. The van der Waals surface area contributed by atoms with Crippen molar-refractivity contribution in [1.29, 1.82) is 0 Å². The van der Waals surface area contributed by atoms with Crippen molar-refractivity contribution in [2.24, 2.45) is 0 Å². The lowest BCUT2D eigenvalue weighted by atomic mass is 10.3. The molecule has 0 fully saturated rings. The van der Waals surface area contributed by atoms with E-state index in [-0.39, 0.29) is 10.9 Å². The van der Waals surface area contributed by atoms with Crippen molar-refractivity contribution in [3.05, 3.63) is 12.4 Å². The number of nitrogens with zero attached hydrogens (tertiary/aromatic N) is 1. The van der Waals surface area contributed by atoms with Gasteiger partial charge in [-0.1, -0.05) is 15.9 Å². The molecule has 7 heteroatoms. The van der Waals surface area contributed by atoms with Gasteiger partial charge >= 0.3 is 0 Å². The third kappa shape index (κ3) is 3.07. The molecule has 0 aliphatic rings. The first kappa shape index (κ1) is 11.7. The Hall–Kier alpha value is -0.400. The summed E-state index contributed by atoms with van der Waals surface area (Å²) in [6.07, 6.45) is 3.38. The molecule has 0 radical (unpaired) electrons. The van der Waals surface area contributed by atoms with Crippen LogP contribution in [-0.2, 0) is 10.0 Å². The smallest absolute Gasteiger partial charge is 0.243 e. The predicted molar refractivity (Wildman–Crippen MR) is 56.8 cm³/mol. The molecule has 14 heavy (non-hydrogen) atoms. The summed E-state index contributed by atoms with van der Waals surface area (Å²) < 4.78 is 25.7. The van der Waals surface area contributed by atoms with E-state index < -0.39 is 10.0 Å². The van der Waals surface area contributed by atoms with Crippen molar-refractivity contribution in [3.8, 4) is 0 Å². The van der Waals surface area contributed by atoms with Crippen LogP contribution in [0.3, 0.4) is 0 Å². The molecule has 0 bridgehead atoms. The lowest BCUT2D eigenvalue weighted by Crippen LogP contribution is -2.32. The molecular formula is C7H12BrN3O2S. The van der Waals surface area contributed by atoms with E-state index in [4.69, 9.17) is 0 Å². The summed E-state index contributed by atoms with van der Waals surface area (Å²) in [7, 11) is -3.40. The van der Waals surface area contributed by atoms with E-state index >= 15 is 0 Å². The molecule has 80 valence electrons. The van der Waals surface area contributed by atoms with Crippen LogP contribution in [0.5, 0.6) is 0 Å². The maximum absolute atomic E-state index is 11.6. The average molecular weight is 282 g/mol. The van der Waals surface area contributed by atoms with Gasteiger partial charge in [0.25, 0.3) is 0 Å². The number of alkyl halides is 1. The van der Waals surface area contributed by atoms with Crippen molar-refractivity contribution in [2.45, 2.75) is 24.3 Å². The molecule has 5 nitrogen and oxygen atoms in total. The molecule has 0 spiro atoms. The van der Waals surface area contributed by atoms with E-state index in [9.17, 15) is 8.42 Å². The fraction of sp³-hybridized carbons (Fsp3) is 0.571. The Labute approximate surface area is 91.5 Å². The number of hydrogen-bond donors (Lipinski definition) is 2. The third-order valence-electron chi connectivity index (χ3n) is 1.68. The normalized spacial score (nSPS) is 14.1. The van der Waals surface area contributed by atoms with Crippen molar-refractivity contribution in [2.75, 3.05) is 5.33 Å². The number of rotatable bonds is 5. The van der Waals surface area contributed by atoms with Gasteiger partial charge < -0.3 is 0 Å². The van der Waals surface area contributed by atoms with Crippen LogP contribution in [0.15, 0.2) is 17.3 Å². The molecule has 0 saturated carbocycles. The summed E-state index contributed by atoms with van der Waals surface area (Å²) in [5.41, 5.74) is 0. The number of aromatic amines is 1. The molecule has 1 rings (SSSR count). The minimum atomic E-state index is -3.40. The Morgan fingerprint density at radius 3 is 2.93 bits per heavy atom. The van der Waals surface area contributed by atoms with Crippen molar-refractivity contribution >= 4 is 26.0 Å². The molecule has 1 aromatic rings. The second kappa shape index (κ2) is 4.90. The van der Waals surface area contributed by atoms with Crippen LogP contribution >= 0.6 is 15.9 Å². The molecule has 0 aromatic carbocycles. The first-order valence-corrected chi connectivity index (χ1v) is 6.74. The van der Waals surface area contributed by atoms with Gasteiger partial charge in [0.05, 0.1) is 6.20 Å². The molecule has 0 aliphatic heterocycles. The first-order valence-electron chi connectivity index (χ1n) is 4.13. The molecule has 1 heterocycles. The van der Waals surface area contributed by atoms with E-state index in [1.807, 2.05) is 6.92 Å². The van der Waals surface area contributed by atoms with E-state index in [1.165, 1.54) is 12.4 Å². The highest BCUT2D eigenvalue weighted by Crippen LogP contribution is 2.06. The second-order valence-electron chi connectivity index (χ2n) is 2.93. The maximum Gasteiger partial charge on any atom is 0.243 e. The summed E-state index contributed by atoms with van der Waals surface area (Å²) in [6.45, 7) is 1.82. The average Bonchev–Trinajstić information content (AvgIpc) is 2.54. The molecule has 0 aliphatic carbocycles. The topological polar surface area (TPSA) is 74.8 Å². The number of hydrogen-bond acceptors (Lipinski definition) is 3. The van der Waals surface area contributed by atoms with E-state index in [2.05, 4.69) is 30.8 Å². The van der Waals surface area contributed by atoms with Crippen LogP contribution in [0.2, 0.25) is 0 Å². The molecule has 2 N–H and O–H groups in total. The summed E-state index contributed by atoms with van der Waals surface area (Å²) in [5.74, 6) is 0. The second-order valence-corrected chi connectivity index (χ2v) is 5.44. The van der Waals surface area contributed by atoms with Gasteiger partial charge in [-0.25, -0.2) is 13.1 Å². The Balaban J connectivity index is 2.68. The zero-order valence-electron chi connectivity index (χ0n) is 7.70. The third-order valence-corrected chi connectivity index (χ3v) is 3.70. The SMILES string of the molecule is CC(CCBr)NS(=O)(=O)c1cn[nH]c1. The molecule has 1 unspecified atom stereocenters. The van der Waals surface area contributed by atoms with Crippen molar-refractivity contribution in [3.63, 3.8) is 0 Å². The highest BCUT2D eigenvalue weighted by atomic mass is 79.9. The van der Waals surface area contributed by atoms with Crippen LogP contribution in [0.25, 0.3) is 0 Å². The molecule has 0 saturated heterocycles. The summed E-state index contributed by atoms with van der Waals surface area (Å²) in [6, 6.07) is -0.0886. The lowest BCUT2D eigenvalue weighted by molar-refractivity contribution is 0.557. The number of nitrogens with one attached hydrogen (secondary N) is 2. The van der Waals surface area contributed by atoms with Crippen LogP contribution in [0.4, 0.5) is 0 Å². The van der Waals surface area contributed by atoms with Crippen molar-refractivity contribution in [1.82, 2.24) is 14.9 Å². The minimum Gasteiger partial charge on any atom is -0.284 e. The lowest BCUT2D eigenvalue weighted by Gasteiger charge is -2.11. The summed E-state index contributed by atoms with van der Waals surface area (Å²) in [4.78, 5) is 0.166. The van der Waals surface area contributed by atoms with Crippen molar-refractivity contribution < 1.29 is 8.42 Å². The van der Waals surface area contributed by atoms with Gasteiger partial charge in [0, 0.05) is 17.6 Å². The summed E-state index contributed by atoms with van der Waals surface area (Å²) >= 11 is 3.25. The van der Waals surface area contributed by atoms with Crippen LogP contribution in [0.1, 0.15) is 13.3 Å². The highest BCUT2D eigenvalue weighted by molar-refractivity contribution is 9.09. The minimum absolute atomic E-state index is 0.0886. The zero-order chi connectivity index (χ0) is 10.6. The van der Waals surface area contributed by atoms with Gasteiger partial charge in [-0.05, 0) is 13.3 Å². The van der Waals surface area contributed by atoms with E-state index in [0.717, 1.165) is 11.8 Å². The number of aromatic nitrogens is 2. The fourth-order valence-corrected chi connectivity index (χ4v) is 2.81. The van der Waals surface area contributed by atoms with Crippen LogP contribution < -0.4 is 4.72 Å². The number of halogens is 1. The quantitative estimate of drug-likeness (QED) is 0.787.